The van der Waals surface area contributed by atoms with Gasteiger partial charge < -0.3 is 15.2 Å². The molecule has 1 aliphatic carbocycles. The molecule has 4 heteroatoms. The van der Waals surface area contributed by atoms with Gasteiger partial charge in [0.05, 0.1) is 13.2 Å². The van der Waals surface area contributed by atoms with Crippen LogP contribution in [0.25, 0.3) is 0 Å². The molecule has 0 amide bonds. The highest BCUT2D eigenvalue weighted by atomic mass is 16.5. The Hall–Kier alpha value is -1.10. The van der Waals surface area contributed by atoms with E-state index >= 15 is 0 Å². The van der Waals surface area contributed by atoms with E-state index < -0.39 is 0 Å². The van der Waals surface area contributed by atoms with Gasteiger partial charge in [-0.2, -0.15) is 0 Å². The number of hydrogen-bond acceptors (Lipinski definition) is 4. The van der Waals surface area contributed by atoms with Crippen molar-refractivity contribution in [3.05, 3.63) is 29.8 Å². The second-order valence-corrected chi connectivity index (χ2v) is 5.76. The van der Waals surface area contributed by atoms with Gasteiger partial charge in [-0.25, -0.2) is 0 Å². The number of rotatable bonds is 10. The van der Waals surface area contributed by atoms with E-state index in [-0.39, 0.29) is 6.04 Å². The summed E-state index contributed by atoms with van der Waals surface area (Å²) in [5, 5.41) is 0. The lowest BCUT2D eigenvalue weighted by Gasteiger charge is -2.27. The molecule has 1 atom stereocenters. The maximum atomic E-state index is 5.97. The van der Waals surface area contributed by atoms with Crippen LogP contribution in [0.3, 0.4) is 0 Å². The first kappa shape index (κ1) is 16.3. The maximum absolute atomic E-state index is 5.97. The van der Waals surface area contributed by atoms with Crippen LogP contribution in [-0.4, -0.2) is 44.9 Å². The predicted molar refractivity (Wildman–Crippen MR) is 85.6 cm³/mol. The highest BCUT2D eigenvalue weighted by Crippen LogP contribution is 2.28. The predicted octanol–water partition coefficient (Wildman–Crippen LogP) is 2.44. The third-order valence-electron chi connectivity index (χ3n) is 3.95. The summed E-state index contributed by atoms with van der Waals surface area (Å²) in [6, 6.07) is 8.42. The first-order valence-corrected chi connectivity index (χ1v) is 7.95. The molecule has 1 fully saturated rings. The number of nitrogens with zero attached hydrogens (tertiary/aromatic N) is 1. The van der Waals surface area contributed by atoms with Crippen LogP contribution in [0.5, 0.6) is 5.75 Å². The Bertz CT molecular complexity index is 421. The Morgan fingerprint density at radius 3 is 2.86 bits per heavy atom. The maximum Gasteiger partial charge on any atom is 0.119 e. The molecule has 0 aliphatic heterocycles. The molecule has 1 aromatic carbocycles. The molecule has 0 heterocycles. The van der Waals surface area contributed by atoms with E-state index in [1.165, 1.54) is 18.4 Å². The van der Waals surface area contributed by atoms with Crippen molar-refractivity contribution in [1.82, 2.24) is 4.90 Å². The fourth-order valence-electron chi connectivity index (χ4n) is 2.45. The van der Waals surface area contributed by atoms with Crippen molar-refractivity contribution >= 4 is 0 Å². The quantitative estimate of drug-likeness (QED) is 0.673. The van der Waals surface area contributed by atoms with Gasteiger partial charge in [-0.05, 0) is 50.4 Å². The summed E-state index contributed by atoms with van der Waals surface area (Å²) in [4.78, 5) is 2.26. The summed E-state index contributed by atoms with van der Waals surface area (Å²) >= 11 is 0. The standard InChI is InChI=1S/C17H28N2O2/c1-3-21-16-6-4-5-15(11-16)17(12-18)19(2)9-10-20-13-14-7-8-14/h4-6,11,14,17H,3,7-10,12-13,18H2,1-2H3. The first-order valence-electron chi connectivity index (χ1n) is 7.95. The molecule has 2 rings (SSSR count). The smallest absolute Gasteiger partial charge is 0.119 e. The minimum Gasteiger partial charge on any atom is -0.494 e. The SMILES string of the molecule is CCOc1cccc(C(CN)N(C)CCOCC2CC2)c1. The highest BCUT2D eigenvalue weighted by molar-refractivity contribution is 5.30. The van der Waals surface area contributed by atoms with E-state index in [4.69, 9.17) is 15.2 Å². The monoisotopic (exact) mass is 292 g/mol. The molecule has 1 aliphatic rings. The van der Waals surface area contributed by atoms with E-state index in [1.54, 1.807) is 0 Å². The zero-order valence-electron chi connectivity index (χ0n) is 13.3. The third kappa shape index (κ3) is 5.30. The van der Waals surface area contributed by atoms with Gasteiger partial charge in [0.15, 0.2) is 0 Å². The van der Waals surface area contributed by atoms with Crippen molar-refractivity contribution < 1.29 is 9.47 Å². The van der Waals surface area contributed by atoms with E-state index in [2.05, 4.69) is 24.1 Å². The third-order valence-corrected chi connectivity index (χ3v) is 3.95. The average Bonchev–Trinajstić information content (AvgIpc) is 3.29. The first-order chi connectivity index (χ1) is 10.2. The minimum absolute atomic E-state index is 0.204. The molecule has 0 saturated heterocycles. The Kier molecular flexibility index (Phi) is 6.49. The fourth-order valence-corrected chi connectivity index (χ4v) is 2.45. The Morgan fingerprint density at radius 2 is 2.19 bits per heavy atom. The van der Waals surface area contributed by atoms with E-state index in [9.17, 15) is 0 Å². The lowest BCUT2D eigenvalue weighted by molar-refractivity contribution is 0.0922. The van der Waals surface area contributed by atoms with Gasteiger partial charge in [0.1, 0.15) is 5.75 Å². The zero-order valence-corrected chi connectivity index (χ0v) is 13.3. The highest BCUT2D eigenvalue weighted by Gasteiger charge is 2.21. The molecule has 1 aromatic rings. The van der Waals surface area contributed by atoms with Gasteiger partial charge in [-0.3, -0.25) is 4.90 Å². The zero-order chi connectivity index (χ0) is 15.1. The normalized spacial score (nSPS) is 16.2. The Labute approximate surface area is 128 Å². The van der Waals surface area contributed by atoms with Crippen molar-refractivity contribution in [2.75, 3.05) is 40.0 Å². The summed E-state index contributed by atoms with van der Waals surface area (Å²) in [6.07, 6.45) is 2.68. The molecule has 0 spiro atoms. The Balaban J connectivity index is 1.85. The molecule has 4 nitrogen and oxygen atoms in total. The van der Waals surface area contributed by atoms with Crippen molar-refractivity contribution in [3.8, 4) is 5.75 Å². The van der Waals surface area contributed by atoms with Crippen LogP contribution >= 0.6 is 0 Å². The number of nitrogens with two attached hydrogens (primary N) is 1. The van der Waals surface area contributed by atoms with E-state index in [1.807, 2.05) is 19.1 Å². The summed E-state index contributed by atoms with van der Waals surface area (Å²) in [7, 11) is 2.10. The summed E-state index contributed by atoms with van der Waals surface area (Å²) in [5.74, 6) is 1.73. The van der Waals surface area contributed by atoms with Gasteiger partial charge in [0.25, 0.3) is 0 Å². The minimum atomic E-state index is 0.204. The lowest BCUT2D eigenvalue weighted by Crippen LogP contribution is -2.33. The van der Waals surface area contributed by atoms with Crippen LogP contribution in [0.2, 0.25) is 0 Å². The van der Waals surface area contributed by atoms with Gasteiger partial charge in [-0.1, -0.05) is 12.1 Å². The number of hydrogen-bond donors (Lipinski definition) is 1. The number of benzene rings is 1. The second kappa shape index (κ2) is 8.37. The molecule has 118 valence electrons. The van der Waals surface area contributed by atoms with Crippen molar-refractivity contribution in [1.29, 1.82) is 0 Å². The van der Waals surface area contributed by atoms with E-state index in [0.717, 1.165) is 31.4 Å². The second-order valence-electron chi connectivity index (χ2n) is 5.76. The number of likely N-dealkylation sites (N-methyl/N-ethyl adjacent to an activating group) is 1. The van der Waals surface area contributed by atoms with Crippen LogP contribution < -0.4 is 10.5 Å². The lowest BCUT2D eigenvalue weighted by atomic mass is 10.1. The molecule has 0 radical (unpaired) electrons. The Morgan fingerprint density at radius 1 is 1.38 bits per heavy atom. The molecule has 1 unspecified atom stereocenters. The molecule has 2 N–H and O–H groups in total. The number of ether oxygens (including phenoxy) is 2. The van der Waals surface area contributed by atoms with Gasteiger partial charge in [0, 0.05) is 25.7 Å². The molecule has 1 saturated carbocycles. The summed E-state index contributed by atoms with van der Waals surface area (Å²) < 4.78 is 11.3. The van der Waals surface area contributed by atoms with Gasteiger partial charge >= 0.3 is 0 Å². The fraction of sp³-hybridized carbons (Fsp3) is 0.647. The largest absolute Gasteiger partial charge is 0.494 e. The van der Waals surface area contributed by atoms with Crippen molar-refractivity contribution in [2.24, 2.45) is 11.7 Å². The van der Waals surface area contributed by atoms with Crippen molar-refractivity contribution in [2.45, 2.75) is 25.8 Å². The average molecular weight is 292 g/mol. The van der Waals surface area contributed by atoms with Crippen LogP contribution in [-0.2, 0) is 4.74 Å². The van der Waals surface area contributed by atoms with Gasteiger partial charge in [0.2, 0.25) is 0 Å². The van der Waals surface area contributed by atoms with Gasteiger partial charge in [-0.15, -0.1) is 0 Å². The molecular weight excluding hydrogens is 264 g/mol. The molecule has 0 bridgehead atoms. The van der Waals surface area contributed by atoms with Crippen LogP contribution in [0.1, 0.15) is 31.4 Å². The summed E-state index contributed by atoms with van der Waals surface area (Å²) in [6.45, 7) is 5.86. The van der Waals surface area contributed by atoms with Crippen LogP contribution in [0, 0.1) is 5.92 Å². The molecule has 0 aromatic heterocycles. The molecule has 21 heavy (non-hydrogen) atoms. The molecular formula is C17H28N2O2. The van der Waals surface area contributed by atoms with Crippen LogP contribution in [0.15, 0.2) is 24.3 Å². The van der Waals surface area contributed by atoms with E-state index in [0.29, 0.717) is 13.2 Å². The summed E-state index contributed by atoms with van der Waals surface area (Å²) in [5.41, 5.74) is 7.17. The van der Waals surface area contributed by atoms with Crippen LogP contribution in [0.4, 0.5) is 0 Å². The van der Waals surface area contributed by atoms with Crippen molar-refractivity contribution in [3.63, 3.8) is 0 Å². The topological polar surface area (TPSA) is 47.7 Å².